The first kappa shape index (κ1) is 17.9. The van der Waals surface area contributed by atoms with E-state index in [9.17, 15) is 0 Å². The van der Waals surface area contributed by atoms with E-state index in [0.717, 1.165) is 50.5 Å². The summed E-state index contributed by atoms with van der Waals surface area (Å²) in [5, 5.41) is 21.7. The van der Waals surface area contributed by atoms with Crippen LogP contribution in [0.25, 0.3) is 22.1 Å². The molecule has 0 unspecified atom stereocenters. The Morgan fingerprint density at radius 2 is 1.96 bits per heavy atom. The predicted octanol–water partition coefficient (Wildman–Crippen LogP) is 4.12. The van der Waals surface area contributed by atoms with E-state index in [2.05, 4.69) is 52.9 Å². The third-order valence-electron chi connectivity index (χ3n) is 4.55. The maximum Gasteiger partial charge on any atom is 0.191 e. The molecule has 4 aromatic rings. The van der Waals surface area contributed by atoms with E-state index in [-0.39, 0.29) is 0 Å². The van der Waals surface area contributed by atoms with E-state index in [1.807, 2.05) is 18.2 Å². The summed E-state index contributed by atoms with van der Waals surface area (Å²) in [4.78, 5) is 5.25. The lowest BCUT2D eigenvalue weighted by Crippen LogP contribution is -2.12. The van der Waals surface area contributed by atoms with Gasteiger partial charge in [-0.3, -0.25) is 9.55 Å². The number of thioether (sulfide) groups is 2. The Kier molecular flexibility index (Phi) is 4.91. The first-order valence-electron chi connectivity index (χ1n) is 8.93. The Balaban J connectivity index is 1.38. The highest BCUT2D eigenvalue weighted by Gasteiger charge is 2.29. The largest absolute Gasteiger partial charge is 0.302 e. The minimum absolute atomic E-state index is 0.315. The minimum Gasteiger partial charge on any atom is -0.302 e. The van der Waals surface area contributed by atoms with Crippen molar-refractivity contribution in [2.24, 2.45) is 0 Å². The quantitative estimate of drug-likeness (QED) is 0.429. The lowest BCUT2D eigenvalue weighted by Gasteiger charge is -2.14. The summed E-state index contributed by atoms with van der Waals surface area (Å²) in [6, 6.07) is 8.41. The fourth-order valence-electron chi connectivity index (χ4n) is 3.21. The highest BCUT2D eigenvalue weighted by Crippen LogP contribution is 2.39. The van der Waals surface area contributed by atoms with E-state index in [1.54, 1.807) is 47.3 Å². The van der Waals surface area contributed by atoms with Gasteiger partial charge in [0.05, 0.1) is 10.9 Å². The number of hydrogen-bond donors (Lipinski definition) is 0. The van der Waals surface area contributed by atoms with Crippen LogP contribution in [0.5, 0.6) is 0 Å². The van der Waals surface area contributed by atoms with Crippen molar-refractivity contribution in [2.45, 2.75) is 29.8 Å². The molecule has 28 heavy (non-hydrogen) atoms. The molecule has 0 radical (unpaired) electrons. The van der Waals surface area contributed by atoms with Gasteiger partial charge < -0.3 is 4.57 Å². The lowest BCUT2D eigenvalue weighted by molar-refractivity contribution is 0.595. The SMILES string of the molecule is CCn1c(SC[C@H]2CSc3nnc(-c4ccncc4)n32)nnc1-c1cccs1. The first-order chi connectivity index (χ1) is 13.8. The number of hydrogen-bond acceptors (Lipinski definition) is 8. The number of thiophene rings is 1. The number of aromatic nitrogens is 7. The molecule has 1 atom stereocenters. The standard InChI is InChI=1S/C18H17N7S3/c1-2-24-16(14-4-3-9-26-14)21-22-17(24)27-10-13-11-28-18-23-20-15(25(13)18)12-5-7-19-8-6-12/h3-9,13H,2,10-11H2,1H3/t13-/m0/s1. The van der Waals surface area contributed by atoms with Crippen LogP contribution in [-0.2, 0) is 6.54 Å². The monoisotopic (exact) mass is 427 g/mol. The normalized spacial score (nSPS) is 15.8. The second-order valence-electron chi connectivity index (χ2n) is 6.22. The molecule has 142 valence electrons. The second kappa shape index (κ2) is 7.69. The molecule has 0 amide bonds. The van der Waals surface area contributed by atoms with Gasteiger partial charge in [0, 0.05) is 36.0 Å². The molecule has 0 bridgehead atoms. The Hall–Kier alpha value is -2.17. The zero-order chi connectivity index (χ0) is 18.9. The van der Waals surface area contributed by atoms with Crippen LogP contribution in [0.1, 0.15) is 13.0 Å². The molecular formula is C18H17N7S3. The van der Waals surface area contributed by atoms with Gasteiger partial charge >= 0.3 is 0 Å². The number of rotatable bonds is 6. The Morgan fingerprint density at radius 1 is 1.11 bits per heavy atom. The van der Waals surface area contributed by atoms with Gasteiger partial charge in [0.1, 0.15) is 0 Å². The van der Waals surface area contributed by atoms with Gasteiger partial charge in [0.25, 0.3) is 0 Å². The van der Waals surface area contributed by atoms with Gasteiger partial charge in [-0.1, -0.05) is 29.6 Å². The lowest BCUT2D eigenvalue weighted by atomic mass is 10.2. The van der Waals surface area contributed by atoms with Crippen molar-refractivity contribution in [1.82, 2.24) is 34.5 Å². The summed E-state index contributed by atoms with van der Waals surface area (Å²) >= 11 is 5.20. The van der Waals surface area contributed by atoms with E-state index in [1.165, 1.54) is 0 Å². The maximum absolute atomic E-state index is 4.46. The molecule has 10 heteroatoms. The molecule has 0 aromatic carbocycles. The molecule has 0 fully saturated rings. The van der Waals surface area contributed by atoms with Gasteiger partial charge in [0.2, 0.25) is 0 Å². The van der Waals surface area contributed by atoms with Crippen LogP contribution < -0.4 is 0 Å². The average Bonchev–Trinajstić information content (AvgIpc) is 3.51. The third-order valence-corrected chi connectivity index (χ3v) is 7.62. The molecular weight excluding hydrogens is 410 g/mol. The minimum atomic E-state index is 0.315. The fraction of sp³-hybridized carbons (Fsp3) is 0.278. The maximum atomic E-state index is 4.46. The van der Waals surface area contributed by atoms with Gasteiger partial charge in [-0.05, 0) is 30.5 Å². The molecule has 0 spiro atoms. The fourth-order valence-corrected chi connectivity index (χ4v) is 6.24. The van der Waals surface area contributed by atoms with Crippen LogP contribution in [0.3, 0.4) is 0 Å². The van der Waals surface area contributed by atoms with E-state index in [0.29, 0.717) is 6.04 Å². The van der Waals surface area contributed by atoms with Crippen molar-refractivity contribution >= 4 is 34.9 Å². The highest BCUT2D eigenvalue weighted by atomic mass is 32.2. The summed E-state index contributed by atoms with van der Waals surface area (Å²) in [5.74, 6) is 3.75. The van der Waals surface area contributed by atoms with Crippen molar-refractivity contribution in [3.8, 4) is 22.1 Å². The molecule has 4 aromatic heterocycles. The molecule has 0 N–H and O–H groups in total. The number of pyridine rings is 1. The summed E-state index contributed by atoms with van der Waals surface area (Å²) in [6.45, 7) is 2.98. The van der Waals surface area contributed by atoms with Gasteiger partial charge in [-0.2, -0.15) is 0 Å². The van der Waals surface area contributed by atoms with E-state index < -0.39 is 0 Å². The van der Waals surface area contributed by atoms with Crippen LogP contribution in [0, 0.1) is 0 Å². The van der Waals surface area contributed by atoms with E-state index in [4.69, 9.17) is 0 Å². The molecule has 0 aliphatic carbocycles. The van der Waals surface area contributed by atoms with Crippen molar-refractivity contribution in [2.75, 3.05) is 11.5 Å². The van der Waals surface area contributed by atoms with Crippen molar-refractivity contribution in [1.29, 1.82) is 0 Å². The highest BCUT2D eigenvalue weighted by molar-refractivity contribution is 8.00. The summed E-state index contributed by atoms with van der Waals surface area (Å²) < 4.78 is 4.44. The molecule has 5 rings (SSSR count). The van der Waals surface area contributed by atoms with Crippen LogP contribution >= 0.6 is 34.9 Å². The van der Waals surface area contributed by atoms with Crippen LogP contribution in [0.2, 0.25) is 0 Å². The second-order valence-corrected chi connectivity index (χ2v) is 9.14. The number of nitrogens with zero attached hydrogens (tertiary/aromatic N) is 7. The smallest absolute Gasteiger partial charge is 0.191 e. The Bertz CT molecular complexity index is 1070. The molecule has 1 aliphatic heterocycles. The summed E-state index contributed by atoms with van der Waals surface area (Å²) in [7, 11) is 0. The average molecular weight is 428 g/mol. The molecule has 5 heterocycles. The summed E-state index contributed by atoms with van der Waals surface area (Å²) in [5.41, 5.74) is 1.04. The summed E-state index contributed by atoms with van der Waals surface area (Å²) in [6.07, 6.45) is 3.58. The molecule has 1 aliphatic rings. The Morgan fingerprint density at radius 3 is 2.75 bits per heavy atom. The van der Waals surface area contributed by atoms with Crippen molar-refractivity contribution < 1.29 is 0 Å². The van der Waals surface area contributed by atoms with Gasteiger partial charge in [-0.25, -0.2) is 0 Å². The van der Waals surface area contributed by atoms with Crippen LogP contribution in [-0.4, -0.2) is 46.0 Å². The molecule has 7 nitrogen and oxygen atoms in total. The zero-order valence-corrected chi connectivity index (χ0v) is 17.5. The molecule has 0 saturated heterocycles. The Labute approximate surface area is 174 Å². The third kappa shape index (κ3) is 3.15. The van der Waals surface area contributed by atoms with Crippen molar-refractivity contribution in [3.05, 3.63) is 42.0 Å². The van der Waals surface area contributed by atoms with Crippen LogP contribution in [0.4, 0.5) is 0 Å². The topological polar surface area (TPSA) is 74.3 Å². The van der Waals surface area contributed by atoms with Crippen molar-refractivity contribution in [3.63, 3.8) is 0 Å². The predicted molar refractivity (Wildman–Crippen MR) is 113 cm³/mol. The first-order valence-corrected chi connectivity index (χ1v) is 11.8. The number of fused-ring (bicyclic) bond motifs is 1. The zero-order valence-electron chi connectivity index (χ0n) is 15.1. The van der Waals surface area contributed by atoms with E-state index >= 15 is 0 Å². The van der Waals surface area contributed by atoms with Crippen LogP contribution in [0.15, 0.2) is 52.4 Å². The molecule has 0 saturated carbocycles. The van der Waals surface area contributed by atoms with Gasteiger partial charge in [-0.15, -0.1) is 31.7 Å². The van der Waals surface area contributed by atoms with Gasteiger partial charge in [0.15, 0.2) is 22.0 Å².